The second kappa shape index (κ2) is 5.07. The van der Waals surface area contributed by atoms with Crippen LogP contribution in [0.2, 0.25) is 0 Å². The number of nitrogens with one attached hydrogen (secondary N) is 1. The summed E-state index contributed by atoms with van der Waals surface area (Å²) in [6.45, 7) is 4.47. The molecule has 1 unspecified atom stereocenters. The minimum absolute atomic E-state index is 0.155. The minimum atomic E-state index is -0.772. The van der Waals surface area contributed by atoms with Crippen molar-refractivity contribution in [2.45, 2.75) is 26.3 Å². The van der Waals surface area contributed by atoms with Gasteiger partial charge in [-0.3, -0.25) is 4.79 Å². The quantitative estimate of drug-likeness (QED) is 0.781. The molecule has 0 fully saturated rings. The van der Waals surface area contributed by atoms with Crippen molar-refractivity contribution in [1.82, 2.24) is 10.3 Å². The third-order valence-corrected chi connectivity index (χ3v) is 3.08. The fraction of sp³-hybridized carbons (Fsp3) is 0.556. The van der Waals surface area contributed by atoms with E-state index in [9.17, 15) is 4.79 Å². The first kappa shape index (κ1) is 11.1. The molecular weight excluding hydrogens is 200 g/mol. The lowest BCUT2D eigenvalue weighted by Crippen LogP contribution is -2.21. The largest absolute Gasteiger partial charge is 0.481 e. The van der Waals surface area contributed by atoms with Crippen molar-refractivity contribution in [3.63, 3.8) is 0 Å². The number of hydrogen-bond donors (Lipinski definition) is 2. The van der Waals surface area contributed by atoms with Crippen LogP contribution in [-0.2, 0) is 4.79 Å². The molecule has 0 aliphatic rings. The number of carboxylic acids is 1. The van der Waals surface area contributed by atoms with Gasteiger partial charge in [-0.15, -0.1) is 11.3 Å². The van der Waals surface area contributed by atoms with E-state index in [4.69, 9.17) is 5.11 Å². The molecule has 78 valence electrons. The number of aliphatic carboxylic acids is 1. The van der Waals surface area contributed by atoms with Crippen LogP contribution in [0.1, 0.15) is 30.0 Å². The van der Waals surface area contributed by atoms with Crippen molar-refractivity contribution in [2.75, 3.05) is 6.54 Å². The molecule has 14 heavy (non-hydrogen) atoms. The lowest BCUT2D eigenvalue weighted by Gasteiger charge is -2.11. The van der Waals surface area contributed by atoms with Gasteiger partial charge in [0.15, 0.2) is 0 Å². The second-order valence-electron chi connectivity index (χ2n) is 3.12. The molecule has 2 N–H and O–H groups in total. The summed E-state index contributed by atoms with van der Waals surface area (Å²) in [5, 5.41) is 11.6. The molecule has 0 aliphatic heterocycles. The molecule has 0 aromatic carbocycles. The summed E-state index contributed by atoms with van der Waals surface area (Å²) < 4.78 is 0. The molecule has 1 atom stereocenters. The summed E-state index contributed by atoms with van der Waals surface area (Å²) in [6.07, 6.45) is 0.155. The molecule has 1 aromatic rings. The predicted molar refractivity (Wildman–Crippen MR) is 55.5 cm³/mol. The van der Waals surface area contributed by atoms with Gasteiger partial charge in [-0.2, -0.15) is 0 Å². The number of aromatic nitrogens is 1. The van der Waals surface area contributed by atoms with Crippen molar-refractivity contribution >= 4 is 17.3 Å². The molecule has 1 rings (SSSR count). The zero-order valence-corrected chi connectivity index (χ0v) is 9.10. The minimum Gasteiger partial charge on any atom is -0.481 e. The first-order chi connectivity index (χ1) is 6.61. The van der Waals surface area contributed by atoms with E-state index in [1.807, 2.05) is 13.8 Å². The van der Waals surface area contributed by atoms with Crippen LogP contribution in [0.15, 0.2) is 5.51 Å². The number of thiazole rings is 1. The van der Waals surface area contributed by atoms with Gasteiger partial charge < -0.3 is 10.4 Å². The lowest BCUT2D eigenvalue weighted by molar-refractivity contribution is -0.136. The Morgan fingerprint density at radius 1 is 1.79 bits per heavy atom. The van der Waals surface area contributed by atoms with Gasteiger partial charge in [-0.1, -0.05) is 0 Å². The normalized spacial score (nSPS) is 12.7. The first-order valence-corrected chi connectivity index (χ1v) is 5.34. The highest BCUT2D eigenvalue weighted by Crippen LogP contribution is 2.20. The molecule has 0 spiro atoms. The summed E-state index contributed by atoms with van der Waals surface area (Å²) in [5.74, 6) is -0.772. The molecule has 0 saturated heterocycles. The van der Waals surface area contributed by atoms with Crippen LogP contribution >= 0.6 is 11.3 Å². The number of hydrogen-bond acceptors (Lipinski definition) is 4. The summed E-state index contributed by atoms with van der Waals surface area (Å²) in [6, 6.07) is 0.182. The molecule has 4 nitrogen and oxygen atoms in total. The summed E-state index contributed by atoms with van der Waals surface area (Å²) >= 11 is 1.60. The molecule has 1 heterocycles. The maximum absolute atomic E-state index is 10.3. The topological polar surface area (TPSA) is 62.2 Å². The van der Waals surface area contributed by atoms with Crippen LogP contribution < -0.4 is 5.32 Å². The van der Waals surface area contributed by atoms with Crippen LogP contribution in [0.5, 0.6) is 0 Å². The number of carbonyl (C=O) groups is 1. The van der Waals surface area contributed by atoms with Gasteiger partial charge in [0.25, 0.3) is 0 Å². The molecular formula is C9H14N2O2S. The Morgan fingerprint density at radius 3 is 3.00 bits per heavy atom. The molecule has 0 saturated carbocycles. The van der Waals surface area contributed by atoms with Crippen LogP contribution in [-0.4, -0.2) is 22.6 Å². The van der Waals surface area contributed by atoms with Gasteiger partial charge in [-0.05, 0) is 13.8 Å². The zero-order chi connectivity index (χ0) is 10.6. The van der Waals surface area contributed by atoms with E-state index in [-0.39, 0.29) is 12.5 Å². The molecule has 0 radical (unpaired) electrons. The number of nitrogens with zero attached hydrogens (tertiary/aromatic N) is 1. The molecule has 0 aliphatic carbocycles. The van der Waals surface area contributed by atoms with E-state index < -0.39 is 5.97 Å². The SMILES string of the molecule is Cc1ncsc1C(C)NCCC(=O)O. The Morgan fingerprint density at radius 2 is 2.50 bits per heavy atom. The Balaban J connectivity index is 2.39. The van der Waals surface area contributed by atoms with Gasteiger partial charge in [-0.25, -0.2) is 4.98 Å². The van der Waals surface area contributed by atoms with Crippen molar-refractivity contribution in [2.24, 2.45) is 0 Å². The molecule has 0 bridgehead atoms. The third-order valence-electron chi connectivity index (χ3n) is 1.97. The summed E-state index contributed by atoms with van der Waals surface area (Å²) in [7, 11) is 0. The summed E-state index contributed by atoms with van der Waals surface area (Å²) in [5.41, 5.74) is 2.82. The number of aryl methyl sites for hydroxylation is 1. The van der Waals surface area contributed by atoms with Gasteiger partial charge in [0.2, 0.25) is 0 Å². The van der Waals surface area contributed by atoms with E-state index in [0.717, 1.165) is 5.69 Å². The van der Waals surface area contributed by atoms with Crippen LogP contribution in [0.25, 0.3) is 0 Å². The third kappa shape index (κ3) is 3.08. The first-order valence-electron chi connectivity index (χ1n) is 4.46. The predicted octanol–water partition coefficient (Wildman–Crippen LogP) is 1.58. The monoisotopic (exact) mass is 214 g/mol. The fourth-order valence-corrected chi connectivity index (χ4v) is 2.05. The van der Waals surface area contributed by atoms with Crippen molar-refractivity contribution in [3.8, 4) is 0 Å². The lowest BCUT2D eigenvalue weighted by atomic mass is 10.2. The maximum atomic E-state index is 10.3. The average Bonchev–Trinajstić information content (AvgIpc) is 2.50. The van der Waals surface area contributed by atoms with E-state index >= 15 is 0 Å². The van der Waals surface area contributed by atoms with Gasteiger partial charge in [0.1, 0.15) is 0 Å². The van der Waals surface area contributed by atoms with Gasteiger partial charge in [0, 0.05) is 17.5 Å². The van der Waals surface area contributed by atoms with Crippen molar-refractivity contribution < 1.29 is 9.90 Å². The van der Waals surface area contributed by atoms with Crippen molar-refractivity contribution in [3.05, 3.63) is 16.1 Å². The molecule has 0 amide bonds. The summed E-state index contributed by atoms with van der Waals surface area (Å²) in [4.78, 5) is 15.6. The van der Waals surface area contributed by atoms with E-state index in [2.05, 4.69) is 10.3 Å². The van der Waals surface area contributed by atoms with Crippen molar-refractivity contribution in [1.29, 1.82) is 0 Å². The highest BCUT2D eigenvalue weighted by atomic mass is 32.1. The second-order valence-corrected chi connectivity index (χ2v) is 4.01. The molecule has 1 aromatic heterocycles. The number of rotatable bonds is 5. The Hall–Kier alpha value is -0.940. The Bertz CT molecular complexity index is 312. The van der Waals surface area contributed by atoms with E-state index in [1.165, 1.54) is 4.88 Å². The number of carboxylic acid groups (broad SMARTS) is 1. The van der Waals surface area contributed by atoms with Crippen LogP contribution in [0.3, 0.4) is 0 Å². The van der Waals surface area contributed by atoms with Gasteiger partial charge in [0.05, 0.1) is 17.6 Å². The highest BCUT2D eigenvalue weighted by molar-refractivity contribution is 7.09. The van der Waals surface area contributed by atoms with Crippen LogP contribution in [0, 0.1) is 6.92 Å². The Labute approximate surface area is 87.0 Å². The van der Waals surface area contributed by atoms with E-state index in [1.54, 1.807) is 16.8 Å². The Kier molecular flexibility index (Phi) is 4.03. The van der Waals surface area contributed by atoms with Crippen LogP contribution in [0.4, 0.5) is 0 Å². The fourth-order valence-electron chi connectivity index (χ4n) is 1.21. The highest BCUT2D eigenvalue weighted by Gasteiger charge is 2.10. The van der Waals surface area contributed by atoms with Gasteiger partial charge >= 0.3 is 5.97 Å². The molecule has 5 heteroatoms. The smallest absolute Gasteiger partial charge is 0.304 e. The zero-order valence-electron chi connectivity index (χ0n) is 8.28. The van der Waals surface area contributed by atoms with E-state index in [0.29, 0.717) is 6.54 Å². The maximum Gasteiger partial charge on any atom is 0.304 e. The standard InChI is InChI=1S/C9H14N2O2S/c1-6(10-4-3-8(12)13)9-7(2)11-5-14-9/h5-6,10H,3-4H2,1-2H3,(H,12,13). The average molecular weight is 214 g/mol.